The van der Waals surface area contributed by atoms with Crippen molar-refractivity contribution < 1.29 is 5.11 Å². The maximum absolute atomic E-state index is 10.1. The number of aliphatic hydroxyl groups is 1. The summed E-state index contributed by atoms with van der Waals surface area (Å²) in [6.07, 6.45) is 5.11. The van der Waals surface area contributed by atoms with Crippen molar-refractivity contribution in [2.75, 3.05) is 0 Å². The molecule has 1 atom stereocenters. The van der Waals surface area contributed by atoms with E-state index < -0.39 is 6.10 Å². The Bertz CT molecular complexity index is 450. The van der Waals surface area contributed by atoms with E-state index >= 15 is 0 Å². The standard InChI is InChI=1S/C11H12BrN3O/c1-15-11(9(12)7-14-15)10(16)5-8-3-2-4-13-6-8/h2-4,6-7,10,16H,5H2,1H3. The van der Waals surface area contributed by atoms with E-state index in [0.29, 0.717) is 6.42 Å². The zero-order chi connectivity index (χ0) is 11.5. The monoisotopic (exact) mass is 281 g/mol. The molecule has 2 heterocycles. The highest BCUT2D eigenvalue weighted by atomic mass is 79.9. The van der Waals surface area contributed by atoms with E-state index in [-0.39, 0.29) is 0 Å². The van der Waals surface area contributed by atoms with Gasteiger partial charge in [-0.05, 0) is 27.6 Å². The van der Waals surface area contributed by atoms with Crippen molar-refractivity contribution in [1.82, 2.24) is 14.8 Å². The predicted molar refractivity (Wildman–Crippen MR) is 63.8 cm³/mol. The molecule has 1 unspecified atom stereocenters. The van der Waals surface area contributed by atoms with Crippen LogP contribution in [0.3, 0.4) is 0 Å². The number of pyridine rings is 1. The Balaban J connectivity index is 2.18. The Morgan fingerprint density at radius 1 is 1.50 bits per heavy atom. The second kappa shape index (κ2) is 4.76. The minimum atomic E-state index is -0.578. The number of rotatable bonds is 3. The van der Waals surface area contributed by atoms with Gasteiger partial charge in [0.1, 0.15) is 6.10 Å². The van der Waals surface area contributed by atoms with Gasteiger partial charge in [-0.2, -0.15) is 5.10 Å². The van der Waals surface area contributed by atoms with Crippen molar-refractivity contribution in [1.29, 1.82) is 0 Å². The molecule has 0 aliphatic rings. The fourth-order valence-electron chi connectivity index (χ4n) is 1.63. The summed E-state index contributed by atoms with van der Waals surface area (Å²) in [4.78, 5) is 4.02. The van der Waals surface area contributed by atoms with Crippen LogP contribution in [0.1, 0.15) is 17.4 Å². The molecule has 0 saturated heterocycles. The van der Waals surface area contributed by atoms with Crippen LogP contribution in [0.2, 0.25) is 0 Å². The smallest absolute Gasteiger partial charge is 0.101 e. The summed E-state index contributed by atoms with van der Waals surface area (Å²) in [5, 5.41) is 14.2. The Morgan fingerprint density at radius 2 is 2.31 bits per heavy atom. The van der Waals surface area contributed by atoms with E-state index in [2.05, 4.69) is 26.0 Å². The number of hydrogen-bond donors (Lipinski definition) is 1. The van der Waals surface area contributed by atoms with Gasteiger partial charge < -0.3 is 5.11 Å². The Morgan fingerprint density at radius 3 is 2.88 bits per heavy atom. The second-order valence-electron chi connectivity index (χ2n) is 3.58. The van der Waals surface area contributed by atoms with Crippen LogP contribution in [0.15, 0.2) is 35.2 Å². The summed E-state index contributed by atoms with van der Waals surface area (Å²) in [5.41, 5.74) is 1.78. The maximum Gasteiger partial charge on any atom is 0.101 e. The van der Waals surface area contributed by atoms with Gasteiger partial charge in [-0.1, -0.05) is 6.07 Å². The zero-order valence-corrected chi connectivity index (χ0v) is 10.4. The first kappa shape index (κ1) is 11.3. The third kappa shape index (κ3) is 2.31. The van der Waals surface area contributed by atoms with E-state index in [1.54, 1.807) is 23.3 Å². The molecule has 0 radical (unpaired) electrons. The first-order chi connectivity index (χ1) is 7.68. The molecule has 2 aromatic rings. The molecular weight excluding hydrogens is 270 g/mol. The lowest BCUT2D eigenvalue weighted by Crippen LogP contribution is -2.08. The van der Waals surface area contributed by atoms with Crippen molar-refractivity contribution in [2.45, 2.75) is 12.5 Å². The van der Waals surface area contributed by atoms with E-state index in [9.17, 15) is 5.11 Å². The molecule has 0 amide bonds. The van der Waals surface area contributed by atoms with Gasteiger partial charge in [0.25, 0.3) is 0 Å². The molecule has 0 spiro atoms. The van der Waals surface area contributed by atoms with Crippen LogP contribution in [0.4, 0.5) is 0 Å². The van der Waals surface area contributed by atoms with Crippen molar-refractivity contribution in [3.05, 3.63) is 46.5 Å². The Labute approximate surface area is 102 Å². The molecule has 0 bridgehead atoms. The number of aliphatic hydroxyl groups excluding tert-OH is 1. The number of nitrogens with zero attached hydrogens (tertiary/aromatic N) is 3. The lowest BCUT2D eigenvalue weighted by molar-refractivity contribution is 0.167. The fraction of sp³-hybridized carbons (Fsp3) is 0.273. The molecule has 84 valence electrons. The van der Waals surface area contributed by atoms with Crippen molar-refractivity contribution >= 4 is 15.9 Å². The highest BCUT2D eigenvalue weighted by molar-refractivity contribution is 9.10. The largest absolute Gasteiger partial charge is 0.386 e. The fourth-order valence-corrected chi connectivity index (χ4v) is 2.25. The van der Waals surface area contributed by atoms with Gasteiger partial charge in [0.15, 0.2) is 0 Å². The molecule has 16 heavy (non-hydrogen) atoms. The second-order valence-corrected chi connectivity index (χ2v) is 4.44. The summed E-state index contributed by atoms with van der Waals surface area (Å²) >= 11 is 3.37. The van der Waals surface area contributed by atoms with Gasteiger partial charge in [-0.15, -0.1) is 0 Å². The summed E-state index contributed by atoms with van der Waals surface area (Å²) in [5.74, 6) is 0. The van der Waals surface area contributed by atoms with Gasteiger partial charge in [-0.25, -0.2) is 0 Å². The first-order valence-corrected chi connectivity index (χ1v) is 5.72. The third-order valence-electron chi connectivity index (χ3n) is 2.41. The van der Waals surface area contributed by atoms with E-state index in [0.717, 1.165) is 15.7 Å². The third-order valence-corrected chi connectivity index (χ3v) is 3.02. The molecule has 0 aromatic carbocycles. The number of halogens is 1. The SMILES string of the molecule is Cn1ncc(Br)c1C(O)Cc1cccnc1. The summed E-state index contributed by atoms with van der Waals surface area (Å²) in [6.45, 7) is 0. The lowest BCUT2D eigenvalue weighted by Gasteiger charge is -2.11. The topological polar surface area (TPSA) is 50.9 Å². The molecule has 1 N–H and O–H groups in total. The predicted octanol–water partition coefficient (Wildman–Crippen LogP) is 1.85. The number of aromatic nitrogens is 3. The highest BCUT2D eigenvalue weighted by Crippen LogP contribution is 2.24. The highest BCUT2D eigenvalue weighted by Gasteiger charge is 2.16. The zero-order valence-electron chi connectivity index (χ0n) is 8.84. The van der Waals surface area contributed by atoms with Crippen LogP contribution >= 0.6 is 15.9 Å². The van der Waals surface area contributed by atoms with Crippen LogP contribution < -0.4 is 0 Å². The van der Waals surface area contributed by atoms with Crippen LogP contribution in [0, 0.1) is 0 Å². The quantitative estimate of drug-likeness (QED) is 0.934. The van der Waals surface area contributed by atoms with Gasteiger partial charge in [0.2, 0.25) is 0 Å². The van der Waals surface area contributed by atoms with Gasteiger partial charge >= 0.3 is 0 Å². The Kier molecular flexibility index (Phi) is 3.36. The van der Waals surface area contributed by atoms with Crippen molar-refractivity contribution in [3.8, 4) is 0 Å². The molecule has 5 heteroatoms. The van der Waals surface area contributed by atoms with E-state index in [1.165, 1.54) is 0 Å². The number of aryl methyl sites for hydroxylation is 1. The van der Waals surface area contributed by atoms with Gasteiger partial charge in [-0.3, -0.25) is 9.67 Å². The molecule has 0 saturated carbocycles. The van der Waals surface area contributed by atoms with E-state index in [1.807, 2.05) is 19.2 Å². The van der Waals surface area contributed by atoms with Crippen molar-refractivity contribution in [2.24, 2.45) is 7.05 Å². The van der Waals surface area contributed by atoms with Crippen LogP contribution in [-0.2, 0) is 13.5 Å². The lowest BCUT2D eigenvalue weighted by atomic mass is 10.1. The molecule has 2 aromatic heterocycles. The van der Waals surface area contributed by atoms with Crippen molar-refractivity contribution in [3.63, 3.8) is 0 Å². The van der Waals surface area contributed by atoms with Crippen LogP contribution in [-0.4, -0.2) is 19.9 Å². The summed E-state index contributed by atoms with van der Waals surface area (Å²) in [6, 6.07) is 3.81. The van der Waals surface area contributed by atoms with Crippen LogP contribution in [0.5, 0.6) is 0 Å². The average molecular weight is 282 g/mol. The van der Waals surface area contributed by atoms with Gasteiger partial charge in [0.05, 0.1) is 16.4 Å². The Hall–Kier alpha value is -1.20. The van der Waals surface area contributed by atoms with Gasteiger partial charge in [0, 0.05) is 25.9 Å². The minimum absolute atomic E-state index is 0.534. The summed E-state index contributed by atoms with van der Waals surface area (Å²) in [7, 11) is 1.81. The normalized spacial score (nSPS) is 12.7. The molecule has 4 nitrogen and oxygen atoms in total. The summed E-state index contributed by atoms with van der Waals surface area (Å²) < 4.78 is 2.50. The van der Waals surface area contributed by atoms with Crippen LogP contribution in [0.25, 0.3) is 0 Å². The molecule has 0 aliphatic heterocycles. The number of hydrogen-bond acceptors (Lipinski definition) is 3. The first-order valence-electron chi connectivity index (χ1n) is 4.93. The average Bonchev–Trinajstić information content (AvgIpc) is 2.60. The molecular formula is C11H12BrN3O. The minimum Gasteiger partial charge on any atom is -0.386 e. The molecule has 0 aliphatic carbocycles. The van der Waals surface area contributed by atoms with E-state index in [4.69, 9.17) is 0 Å². The molecule has 2 rings (SSSR count). The maximum atomic E-state index is 10.1. The molecule has 0 fully saturated rings.